The average molecular weight is 431 g/mol. The summed E-state index contributed by atoms with van der Waals surface area (Å²) in [4.78, 5) is 36.4. The Labute approximate surface area is 165 Å². The molecule has 0 radical (unpaired) electrons. The normalized spacial score (nSPS) is 10.8. The highest BCUT2D eigenvalue weighted by Gasteiger charge is 2.16. The Hall–Kier alpha value is -2.93. The van der Waals surface area contributed by atoms with Gasteiger partial charge in [-0.05, 0) is 42.8 Å². The topological polar surface area (TPSA) is 84.5 Å². The zero-order chi connectivity index (χ0) is 19.6. The molecule has 0 unspecified atom stereocenters. The first-order chi connectivity index (χ1) is 13.0. The van der Waals surface area contributed by atoms with Crippen LogP contribution in [0.25, 0.3) is 6.08 Å². The summed E-state index contributed by atoms with van der Waals surface area (Å²) in [6, 6.07) is 15.8. The second-order valence-electron chi connectivity index (χ2n) is 5.42. The SMILES string of the molecule is CCOC(=O)CNC(=O)C(=Cc1ccccc1)NC(=O)c1ccc(Br)cc1. The molecular formula is C20H19BrN2O4. The molecule has 140 valence electrons. The summed E-state index contributed by atoms with van der Waals surface area (Å²) in [7, 11) is 0. The molecular weight excluding hydrogens is 412 g/mol. The highest BCUT2D eigenvalue weighted by atomic mass is 79.9. The lowest BCUT2D eigenvalue weighted by atomic mass is 10.1. The maximum absolute atomic E-state index is 12.5. The van der Waals surface area contributed by atoms with Crippen molar-refractivity contribution in [2.45, 2.75) is 6.92 Å². The van der Waals surface area contributed by atoms with Gasteiger partial charge in [-0.2, -0.15) is 0 Å². The first-order valence-electron chi connectivity index (χ1n) is 8.27. The number of benzene rings is 2. The predicted octanol–water partition coefficient (Wildman–Crippen LogP) is 2.90. The van der Waals surface area contributed by atoms with Gasteiger partial charge in [-0.1, -0.05) is 46.3 Å². The molecule has 2 N–H and O–H groups in total. The molecule has 0 aliphatic rings. The third-order valence-corrected chi connectivity index (χ3v) is 3.94. The van der Waals surface area contributed by atoms with Crippen molar-refractivity contribution in [2.24, 2.45) is 0 Å². The van der Waals surface area contributed by atoms with Crippen LogP contribution >= 0.6 is 15.9 Å². The quantitative estimate of drug-likeness (QED) is 0.522. The van der Waals surface area contributed by atoms with Gasteiger partial charge < -0.3 is 15.4 Å². The van der Waals surface area contributed by atoms with Gasteiger partial charge in [0.25, 0.3) is 11.8 Å². The van der Waals surface area contributed by atoms with Crippen molar-refractivity contribution < 1.29 is 19.1 Å². The average Bonchev–Trinajstić information content (AvgIpc) is 2.67. The summed E-state index contributed by atoms with van der Waals surface area (Å²) in [5.74, 6) is -1.57. The molecule has 0 atom stereocenters. The van der Waals surface area contributed by atoms with Gasteiger partial charge >= 0.3 is 5.97 Å². The van der Waals surface area contributed by atoms with E-state index in [1.165, 1.54) is 6.08 Å². The van der Waals surface area contributed by atoms with E-state index in [2.05, 4.69) is 26.6 Å². The smallest absolute Gasteiger partial charge is 0.325 e. The van der Waals surface area contributed by atoms with E-state index in [1.54, 1.807) is 43.3 Å². The molecule has 2 aromatic carbocycles. The van der Waals surface area contributed by atoms with E-state index in [0.717, 1.165) is 10.0 Å². The second kappa shape index (κ2) is 10.3. The van der Waals surface area contributed by atoms with E-state index in [4.69, 9.17) is 4.74 Å². The summed E-state index contributed by atoms with van der Waals surface area (Å²) >= 11 is 3.31. The molecule has 0 aliphatic carbocycles. The van der Waals surface area contributed by atoms with Crippen LogP contribution in [0.1, 0.15) is 22.8 Å². The highest BCUT2D eigenvalue weighted by Crippen LogP contribution is 2.11. The molecule has 0 spiro atoms. The van der Waals surface area contributed by atoms with E-state index in [0.29, 0.717) is 5.56 Å². The van der Waals surface area contributed by atoms with Crippen LogP contribution in [0.2, 0.25) is 0 Å². The maximum Gasteiger partial charge on any atom is 0.325 e. The van der Waals surface area contributed by atoms with E-state index in [1.807, 2.05) is 18.2 Å². The standard InChI is InChI=1S/C20H19BrN2O4/c1-2-27-18(24)13-22-20(26)17(12-14-6-4-3-5-7-14)23-19(25)15-8-10-16(21)11-9-15/h3-12H,2,13H2,1H3,(H,22,26)(H,23,25). The van der Waals surface area contributed by atoms with Crippen molar-refractivity contribution in [3.8, 4) is 0 Å². The van der Waals surface area contributed by atoms with Crippen molar-refractivity contribution in [2.75, 3.05) is 13.2 Å². The van der Waals surface area contributed by atoms with Gasteiger partial charge in [0.2, 0.25) is 0 Å². The minimum absolute atomic E-state index is 0.0263. The number of ether oxygens (including phenoxy) is 1. The fourth-order valence-corrected chi connectivity index (χ4v) is 2.39. The third kappa shape index (κ3) is 6.71. The maximum atomic E-state index is 12.5. The monoisotopic (exact) mass is 430 g/mol. The Morgan fingerprint density at radius 2 is 1.70 bits per heavy atom. The van der Waals surface area contributed by atoms with Crippen LogP contribution in [0.15, 0.2) is 64.8 Å². The Morgan fingerprint density at radius 3 is 2.33 bits per heavy atom. The summed E-state index contributed by atoms with van der Waals surface area (Å²) in [6.45, 7) is 1.62. The first kappa shape index (κ1) is 20.4. The van der Waals surface area contributed by atoms with Gasteiger partial charge in [-0.3, -0.25) is 14.4 Å². The number of hydrogen-bond acceptors (Lipinski definition) is 4. The van der Waals surface area contributed by atoms with Gasteiger partial charge in [0, 0.05) is 10.0 Å². The number of carbonyl (C=O) groups is 3. The van der Waals surface area contributed by atoms with Gasteiger partial charge in [0.15, 0.2) is 0 Å². The number of esters is 1. The molecule has 6 nitrogen and oxygen atoms in total. The molecule has 7 heteroatoms. The van der Waals surface area contributed by atoms with E-state index < -0.39 is 17.8 Å². The minimum atomic E-state index is -0.586. The number of hydrogen-bond donors (Lipinski definition) is 2. The molecule has 0 aliphatic heterocycles. The van der Waals surface area contributed by atoms with Gasteiger partial charge in [0.1, 0.15) is 12.2 Å². The number of carbonyl (C=O) groups excluding carboxylic acids is 3. The Morgan fingerprint density at radius 1 is 1.04 bits per heavy atom. The Balaban J connectivity index is 2.17. The predicted molar refractivity (Wildman–Crippen MR) is 106 cm³/mol. The molecule has 2 aromatic rings. The van der Waals surface area contributed by atoms with Crippen molar-refractivity contribution >= 4 is 39.8 Å². The number of nitrogens with one attached hydrogen (secondary N) is 2. The lowest BCUT2D eigenvalue weighted by Gasteiger charge is -2.11. The zero-order valence-corrected chi connectivity index (χ0v) is 16.3. The summed E-state index contributed by atoms with van der Waals surface area (Å²) in [5, 5.41) is 5.05. The summed E-state index contributed by atoms with van der Waals surface area (Å²) in [5.41, 5.74) is 1.16. The van der Waals surface area contributed by atoms with Crippen LogP contribution < -0.4 is 10.6 Å². The molecule has 2 rings (SSSR count). The molecule has 0 saturated carbocycles. The van der Waals surface area contributed by atoms with Crippen molar-refractivity contribution in [3.05, 3.63) is 75.9 Å². The summed E-state index contributed by atoms with van der Waals surface area (Å²) < 4.78 is 5.63. The molecule has 0 saturated heterocycles. The molecule has 0 bridgehead atoms. The highest BCUT2D eigenvalue weighted by molar-refractivity contribution is 9.10. The molecule has 27 heavy (non-hydrogen) atoms. The number of rotatable bonds is 7. The lowest BCUT2D eigenvalue weighted by molar-refractivity contribution is -0.143. The van der Waals surface area contributed by atoms with E-state index in [-0.39, 0.29) is 18.8 Å². The van der Waals surface area contributed by atoms with Gasteiger partial charge in [-0.15, -0.1) is 0 Å². The zero-order valence-electron chi connectivity index (χ0n) is 14.7. The van der Waals surface area contributed by atoms with Crippen LogP contribution in [0.4, 0.5) is 0 Å². The number of halogens is 1. The Bertz CT molecular complexity index is 833. The van der Waals surface area contributed by atoms with Gasteiger partial charge in [-0.25, -0.2) is 0 Å². The summed E-state index contributed by atoms with van der Waals surface area (Å²) in [6.07, 6.45) is 1.54. The third-order valence-electron chi connectivity index (χ3n) is 3.41. The van der Waals surface area contributed by atoms with Crippen LogP contribution in [-0.4, -0.2) is 30.9 Å². The fourth-order valence-electron chi connectivity index (χ4n) is 2.13. The first-order valence-corrected chi connectivity index (χ1v) is 9.06. The largest absolute Gasteiger partial charge is 0.465 e. The van der Waals surface area contributed by atoms with E-state index in [9.17, 15) is 14.4 Å². The second-order valence-corrected chi connectivity index (χ2v) is 6.33. The van der Waals surface area contributed by atoms with Crippen LogP contribution in [-0.2, 0) is 14.3 Å². The van der Waals surface area contributed by atoms with Crippen LogP contribution in [0.3, 0.4) is 0 Å². The van der Waals surface area contributed by atoms with Crippen molar-refractivity contribution in [1.82, 2.24) is 10.6 Å². The van der Waals surface area contributed by atoms with E-state index >= 15 is 0 Å². The van der Waals surface area contributed by atoms with Crippen LogP contribution in [0.5, 0.6) is 0 Å². The van der Waals surface area contributed by atoms with Crippen LogP contribution in [0, 0.1) is 0 Å². The fraction of sp³-hybridized carbons (Fsp3) is 0.150. The van der Waals surface area contributed by atoms with Gasteiger partial charge in [0.05, 0.1) is 6.61 Å². The molecule has 2 amide bonds. The van der Waals surface area contributed by atoms with Crippen molar-refractivity contribution in [1.29, 1.82) is 0 Å². The molecule has 0 aromatic heterocycles. The minimum Gasteiger partial charge on any atom is -0.465 e. The molecule has 0 heterocycles. The van der Waals surface area contributed by atoms with Crippen molar-refractivity contribution in [3.63, 3.8) is 0 Å². The molecule has 0 fully saturated rings. The lowest BCUT2D eigenvalue weighted by Crippen LogP contribution is -2.37. The number of amides is 2. The Kier molecular flexibility index (Phi) is 7.76.